The van der Waals surface area contributed by atoms with Crippen molar-refractivity contribution >= 4 is 23.6 Å². The zero-order valence-electron chi connectivity index (χ0n) is 20.6. The molecule has 3 N–H and O–H groups in total. The first-order valence-corrected chi connectivity index (χ1v) is 12.3. The molecule has 0 aromatic carbocycles. The van der Waals surface area contributed by atoms with Crippen molar-refractivity contribution in [2.24, 2.45) is 0 Å². The van der Waals surface area contributed by atoms with E-state index in [1.54, 1.807) is 18.6 Å². The first kappa shape index (κ1) is 22.7. The Kier molecular flexibility index (Phi) is 5.47. The molecule has 0 spiro atoms. The van der Waals surface area contributed by atoms with Gasteiger partial charge in [-0.1, -0.05) is 0 Å². The Bertz CT molecular complexity index is 1290. The normalized spacial score (nSPS) is 21.8. The van der Waals surface area contributed by atoms with Crippen LogP contribution < -0.4 is 15.5 Å². The second-order valence-electron chi connectivity index (χ2n) is 9.86. The van der Waals surface area contributed by atoms with Crippen molar-refractivity contribution in [2.75, 3.05) is 61.5 Å². The van der Waals surface area contributed by atoms with Crippen LogP contribution in [0.2, 0.25) is 0 Å². The average molecular weight is 491 g/mol. The van der Waals surface area contributed by atoms with E-state index in [9.17, 15) is 4.79 Å². The van der Waals surface area contributed by atoms with E-state index in [0.29, 0.717) is 37.8 Å². The largest absolute Gasteiger partial charge is 0.378 e. The van der Waals surface area contributed by atoms with Crippen LogP contribution in [0.4, 0.5) is 17.7 Å². The van der Waals surface area contributed by atoms with E-state index in [2.05, 4.69) is 36.9 Å². The van der Waals surface area contributed by atoms with Crippen molar-refractivity contribution in [3.8, 4) is 11.3 Å². The SMILES string of the molecule is Cc1n[nH]cc1C(=O)N1CC[C@](C)(N2CCc3c(-c4cnc(N)nc4)nc(N4CCOCC4)nc32)C1. The molecule has 0 unspecified atom stereocenters. The molecule has 188 valence electrons. The molecule has 0 bridgehead atoms. The van der Waals surface area contributed by atoms with E-state index in [-0.39, 0.29) is 17.4 Å². The van der Waals surface area contributed by atoms with E-state index >= 15 is 0 Å². The summed E-state index contributed by atoms with van der Waals surface area (Å²) in [5, 5.41) is 6.92. The number of nitrogens with two attached hydrogens (primary N) is 1. The molecule has 3 aliphatic rings. The summed E-state index contributed by atoms with van der Waals surface area (Å²) >= 11 is 0. The van der Waals surface area contributed by atoms with E-state index in [0.717, 1.165) is 60.8 Å². The quantitative estimate of drug-likeness (QED) is 0.545. The molecule has 1 atom stereocenters. The van der Waals surface area contributed by atoms with E-state index in [4.69, 9.17) is 20.4 Å². The van der Waals surface area contributed by atoms with Gasteiger partial charge in [-0.2, -0.15) is 10.1 Å². The number of aromatic amines is 1. The van der Waals surface area contributed by atoms with Crippen molar-refractivity contribution in [3.05, 3.63) is 35.4 Å². The number of amides is 1. The highest BCUT2D eigenvalue weighted by Gasteiger charge is 2.45. The van der Waals surface area contributed by atoms with E-state index < -0.39 is 0 Å². The minimum atomic E-state index is -0.246. The highest BCUT2D eigenvalue weighted by molar-refractivity contribution is 5.95. The van der Waals surface area contributed by atoms with Crippen molar-refractivity contribution in [3.63, 3.8) is 0 Å². The third kappa shape index (κ3) is 3.81. The maximum atomic E-state index is 13.2. The molecule has 6 rings (SSSR count). The molecule has 1 amide bonds. The van der Waals surface area contributed by atoms with Crippen molar-refractivity contribution in [1.29, 1.82) is 0 Å². The molecule has 3 aromatic heterocycles. The van der Waals surface area contributed by atoms with Gasteiger partial charge in [-0.3, -0.25) is 9.89 Å². The number of rotatable bonds is 4. The summed E-state index contributed by atoms with van der Waals surface area (Å²) in [5.41, 5.74) is 9.59. The van der Waals surface area contributed by atoms with E-state index in [1.807, 2.05) is 11.8 Å². The third-order valence-corrected chi connectivity index (χ3v) is 7.51. The van der Waals surface area contributed by atoms with Gasteiger partial charge in [0, 0.05) is 62.4 Å². The number of fused-ring (bicyclic) bond motifs is 1. The van der Waals surface area contributed by atoms with Gasteiger partial charge in [0.2, 0.25) is 11.9 Å². The molecule has 6 heterocycles. The molecule has 2 saturated heterocycles. The molecule has 0 radical (unpaired) electrons. The number of nitrogens with one attached hydrogen (secondary N) is 1. The Morgan fingerprint density at radius 2 is 1.92 bits per heavy atom. The number of morpholine rings is 1. The van der Waals surface area contributed by atoms with Crippen LogP contribution in [0.1, 0.15) is 35.0 Å². The monoisotopic (exact) mass is 490 g/mol. The minimum Gasteiger partial charge on any atom is -0.378 e. The Labute approximate surface area is 208 Å². The first-order chi connectivity index (χ1) is 17.4. The lowest BCUT2D eigenvalue weighted by Gasteiger charge is -2.37. The van der Waals surface area contributed by atoms with Crippen LogP contribution in [0.25, 0.3) is 11.3 Å². The fourth-order valence-electron chi connectivity index (χ4n) is 5.46. The maximum absolute atomic E-state index is 13.2. The fourth-order valence-corrected chi connectivity index (χ4v) is 5.46. The third-order valence-electron chi connectivity index (χ3n) is 7.51. The number of carbonyl (C=O) groups excluding carboxylic acids is 1. The number of hydrogen-bond acceptors (Lipinski definition) is 10. The molecule has 0 aliphatic carbocycles. The summed E-state index contributed by atoms with van der Waals surface area (Å²) in [6, 6.07) is 0. The summed E-state index contributed by atoms with van der Waals surface area (Å²) in [5.74, 6) is 1.85. The number of H-pyrrole nitrogens is 1. The maximum Gasteiger partial charge on any atom is 0.257 e. The average Bonchev–Trinajstić information content (AvgIpc) is 3.63. The second kappa shape index (κ2) is 8.70. The van der Waals surface area contributed by atoms with Gasteiger partial charge in [0.05, 0.1) is 35.7 Å². The topological polar surface area (TPSA) is 142 Å². The Morgan fingerprint density at radius 3 is 2.64 bits per heavy atom. The molecule has 3 aromatic rings. The smallest absolute Gasteiger partial charge is 0.257 e. The highest BCUT2D eigenvalue weighted by atomic mass is 16.5. The molecule has 12 nitrogen and oxygen atoms in total. The Balaban J connectivity index is 1.36. The van der Waals surface area contributed by atoms with E-state index in [1.165, 1.54) is 0 Å². The summed E-state index contributed by atoms with van der Waals surface area (Å²) in [7, 11) is 0. The number of anilines is 3. The van der Waals surface area contributed by atoms with Crippen LogP contribution in [0.15, 0.2) is 18.6 Å². The molecule has 3 aliphatic heterocycles. The summed E-state index contributed by atoms with van der Waals surface area (Å²) < 4.78 is 5.55. The van der Waals surface area contributed by atoms with Crippen LogP contribution in [-0.4, -0.2) is 92.4 Å². The van der Waals surface area contributed by atoms with Crippen LogP contribution in [0.3, 0.4) is 0 Å². The number of aryl methyl sites for hydroxylation is 1. The van der Waals surface area contributed by atoms with Gasteiger partial charge in [-0.05, 0) is 26.7 Å². The number of nitrogens with zero attached hydrogens (tertiary/aromatic N) is 8. The number of hydrogen-bond donors (Lipinski definition) is 2. The van der Waals surface area contributed by atoms with Gasteiger partial charge in [-0.25, -0.2) is 15.0 Å². The number of nitrogen functional groups attached to an aromatic ring is 1. The van der Waals surface area contributed by atoms with Gasteiger partial charge in [0.25, 0.3) is 5.91 Å². The van der Waals surface area contributed by atoms with Gasteiger partial charge >= 0.3 is 0 Å². The second-order valence-corrected chi connectivity index (χ2v) is 9.86. The van der Waals surface area contributed by atoms with Gasteiger partial charge in [-0.15, -0.1) is 0 Å². The molecular formula is C24H30N10O2. The molecule has 36 heavy (non-hydrogen) atoms. The number of carbonyl (C=O) groups is 1. The summed E-state index contributed by atoms with van der Waals surface area (Å²) in [6.07, 6.45) is 6.79. The molecular weight excluding hydrogens is 460 g/mol. The van der Waals surface area contributed by atoms with Gasteiger partial charge in [0.1, 0.15) is 5.82 Å². The zero-order chi connectivity index (χ0) is 24.9. The van der Waals surface area contributed by atoms with Gasteiger partial charge in [0.15, 0.2) is 0 Å². The highest BCUT2D eigenvalue weighted by Crippen LogP contribution is 2.41. The molecule has 12 heteroatoms. The van der Waals surface area contributed by atoms with Crippen LogP contribution in [0, 0.1) is 6.92 Å². The fraction of sp³-hybridized carbons (Fsp3) is 0.500. The van der Waals surface area contributed by atoms with Crippen molar-refractivity contribution < 1.29 is 9.53 Å². The Hall–Kier alpha value is -3.80. The zero-order valence-corrected chi connectivity index (χ0v) is 20.6. The number of ether oxygens (including phenoxy) is 1. The van der Waals surface area contributed by atoms with Crippen LogP contribution in [-0.2, 0) is 11.2 Å². The predicted molar refractivity (Wildman–Crippen MR) is 134 cm³/mol. The lowest BCUT2D eigenvalue weighted by Crippen LogP contribution is -2.49. The Morgan fingerprint density at radius 1 is 1.14 bits per heavy atom. The van der Waals surface area contributed by atoms with Crippen LogP contribution >= 0.6 is 0 Å². The summed E-state index contributed by atoms with van der Waals surface area (Å²) in [4.78, 5) is 38.1. The standard InChI is InChI=1S/C24H30N10O2/c1-15-18(13-28-31-15)21(35)33-6-4-24(2,14-33)34-5-3-17-19(16-11-26-22(25)27-12-16)29-23(30-20(17)34)32-7-9-36-10-8-32/h11-13H,3-10,14H2,1-2H3,(H,28,31)(H2,25,26,27)/t24-/m0/s1. The minimum absolute atomic E-state index is 0.0146. The number of aromatic nitrogens is 6. The van der Waals surface area contributed by atoms with Gasteiger partial charge < -0.3 is 25.2 Å². The summed E-state index contributed by atoms with van der Waals surface area (Å²) in [6.45, 7) is 8.95. The molecule has 2 fully saturated rings. The van der Waals surface area contributed by atoms with Crippen LogP contribution in [0.5, 0.6) is 0 Å². The molecule has 0 saturated carbocycles. The number of likely N-dealkylation sites (tertiary alicyclic amines) is 1. The van der Waals surface area contributed by atoms with Crippen molar-refractivity contribution in [2.45, 2.75) is 32.2 Å². The van der Waals surface area contributed by atoms with Crippen molar-refractivity contribution in [1.82, 2.24) is 35.0 Å². The lowest BCUT2D eigenvalue weighted by molar-refractivity contribution is 0.0784. The first-order valence-electron chi connectivity index (χ1n) is 12.3. The predicted octanol–water partition coefficient (Wildman–Crippen LogP) is 1.05. The lowest BCUT2D eigenvalue weighted by atomic mass is 9.99.